The Morgan fingerprint density at radius 3 is 2.23 bits per heavy atom. The molecule has 44 heavy (non-hydrogen) atoms. The first-order valence-corrected chi connectivity index (χ1v) is 15.5. The van der Waals surface area contributed by atoms with E-state index in [1.165, 1.54) is 12.3 Å². The predicted octanol–water partition coefficient (Wildman–Crippen LogP) is 8.29. The van der Waals surface area contributed by atoms with Crippen molar-refractivity contribution in [3.63, 3.8) is 0 Å². The summed E-state index contributed by atoms with van der Waals surface area (Å²) >= 11 is 27.8. The van der Waals surface area contributed by atoms with Crippen molar-refractivity contribution >= 4 is 80.4 Å². The molecule has 0 heterocycles. The van der Waals surface area contributed by atoms with Gasteiger partial charge in [-0.05, 0) is 82.5 Å². The highest BCUT2D eigenvalue weighted by Gasteiger charge is 2.25. The first-order chi connectivity index (χ1) is 21.1. The molecule has 0 fully saturated rings. The first kappa shape index (κ1) is 33.6. The van der Waals surface area contributed by atoms with Crippen LogP contribution in [0.1, 0.15) is 23.6 Å². The highest BCUT2D eigenvalue weighted by molar-refractivity contribution is 9.10. The highest BCUT2D eigenvalue weighted by Crippen LogP contribution is 2.29. The van der Waals surface area contributed by atoms with Crippen LogP contribution in [-0.2, 0) is 22.6 Å². The zero-order valence-corrected chi connectivity index (χ0v) is 27.8. The number of nitrogens with one attached hydrogen (secondary N) is 2. The number of hydrogen-bond donors (Lipinski definition) is 2. The summed E-state index contributed by atoms with van der Waals surface area (Å²) in [5, 5.41) is 8.63. The predicted molar refractivity (Wildman–Crippen MR) is 179 cm³/mol. The van der Waals surface area contributed by atoms with Crippen LogP contribution < -0.4 is 20.2 Å². The van der Waals surface area contributed by atoms with Crippen LogP contribution in [0.3, 0.4) is 0 Å². The Morgan fingerprint density at radius 2 is 1.55 bits per heavy atom. The third-order valence-corrected chi connectivity index (χ3v) is 7.96. The molecule has 228 valence electrons. The van der Waals surface area contributed by atoms with Crippen molar-refractivity contribution in [2.75, 3.05) is 0 Å². The van der Waals surface area contributed by atoms with Gasteiger partial charge < -0.3 is 14.8 Å². The molecular formula is C32H26BrCl4N3O4. The van der Waals surface area contributed by atoms with Gasteiger partial charge in [-0.1, -0.05) is 82.8 Å². The maximum absolute atomic E-state index is 13.2. The Hall–Kier alpha value is -3.27. The normalized spacial score (nSPS) is 12.4. The van der Waals surface area contributed by atoms with Gasteiger partial charge in [-0.2, -0.15) is 5.10 Å². The van der Waals surface area contributed by atoms with Gasteiger partial charge >= 0.3 is 0 Å². The van der Waals surface area contributed by atoms with Gasteiger partial charge in [0.2, 0.25) is 0 Å². The first-order valence-electron chi connectivity index (χ1n) is 13.2. The number of halogens is 5. The molecular weight excluding hydrogens is 712 g/mol. The maximum Gasteiger partial charge on any atom is 0.262 e. The molecule has 2 amide bonds. The monoisotopic (exact) mass is 735 g/mol. The highest BCUT2D eigenvalue weighted by atomic mass is 79.9. The van der Waals surface area contributed by atoms with Crippen molar-refractivity contribution in [1.29, 1.82) is 0 Å². The molecule has 0 aromatic heterocycles. The average molecular weight is 738 g/mol. The van der Waals surface area contributed by atoms with E-state index in [2.05, 4.69) is 31.8 Å². The van der Waals surface area contributed by atoms with Gasteiger partial charge in [0.05, 0.1) is 15.7 Å². The second-order valence-corrected chi connectivity index (χ2v) is 12.1. The van der Waals surface area contributed by atoms with Gasteiger partial charge in [0.25, 0.3) is 11.8 Å². The summed E-state index contributed by atoms with van der Waals surface area (Å²) in [6, 6.07) is 23.6. The summed E-state index contributed by atoms with van der Waals surface area (Å²) in [7, 11) is 0. The lowest BCUT2D eigenvalue weighted by atomic mass is 10.1. The molecule has 0 aliphatic heterocycles. The topological polar surface area (TPSA) is 89.0 Å². The van der Waals surface area contributed by atoms with Crippen molar-refractivity contribution in [1.82, 2.24) is 10.7 Å². The van der Waals surface area contributed by atoms with E-state index in [-0.39, 0.29) is 18.1 Å². The summed E-state index contributed by atoms with van der Waals surface area (Å²) in [5.41, 5.74) is 4.86. The van der Waals surface area contributed by atoms with E-state index >= 15 is 0 Å². The molecule has 0 saturated heterocycles. The van der Waals surface area contributed by atoms with E-state index in [0.29, 0.717) is 36.6 Å². The second kappa shape index (κ2) is 16.2. The van der Waals surface area contributed by atoms with Gasteiger partial charge in [-0.3, -0.25) is 9.59 Å². The number of carbonyl (C=O) groups is 2. The molecule has 4 aromatic carbocycles. The van der Waals surface area contributed by atoms with Crippen molar-refractivity contribution < 1.29 is 19.1 Å². The number of rotatable bonds is 12. The Kier molecular flexibility index (Phi) is 12.3. The van der Waals surface area contributed by atoms with Crippen LogP contribution in [0.25, 0.3) is 0 Å². The molecule has 12 heteroatoms. The molecule has 0 saturated carbocycles. The van der Waals surface area contributed by atoms with Crippen LogP contribution in [0.4, 0.5) is 0 Å². The van der Waals surface area contributed by atoms with E-state index in [1.54, 1.807) is 55.5 Å². The Morgan fingerprint density at radius 1 is 0.864 bits per heavy atom. The third-order valence-electron chi connectivity index (χ3n) is 6.23. The van der Waals surface area contributed by atoms with Gasteiger partial charge in [0, 0.05) is 27.1 Å². The standard InChI is InChI=1S/C32H26BrCl4N3O4/c1-19(44-30-12-10-24(35)16-27(30)37)31(41)39-28(14-20-5-3-2-4-6-20)32(42)40-38-17-21-7-11-29(25(33)13-21)43-18-22-8-9-23(34)15-26(22)36/h2-13,15-17,19,28H,14,18H2,1H3,(H,39,41)(H,40,42)/b38-17-/t19-,28-/m0/s1. The van der Waals surface area contributed by atoms with E-state index < -0.39 is 24.0 Å². The molecule has 0 aliphatic carbocycles. The van der Waals surface area contributed by atoms with Gasteiger partial charge in [-0.15, -0.1) is 0 Å². The largest absolute Gasteiger partial charge is 0.488 e. The third kappa shape index (κ3) is 9.87. The number of hydrogen-bond acceptors (Lipinski definition) is 5. The van der Waals surface area contributed by atoms with Crippen LogP contribution in [-0.4, -0.2) is 30.2 Å². The van der Waals surface area contributed by atoms with Crippen LogP contribution in [0.2, 0.25) is 20.1 Å². The van der Waals surface area contributed by atoms with E-state index in [9.17, 15) is 9.59 Å². The van der Waals surface area contributed by atoms with E-state index in [4.69, 9.17) is 55.9 Å². The smallest absolute Gasteiger partial charge is 0.262 e. The summed E-state index contributed by atoms with van der Waals surface area (Å²) in [4.78, 5) is 26.2. The number of benzene rings is 4. The van der Waals surface area contributed by atoms with Gasteiger partial charge in [0.15, 0.2) is 6.10 Å². The minimum absolute atomic E-state index is 0.234. The lowest BCUT2D eigenvalue weighted by molar-refractivity contribution is -0.132. The molecule has 4 aromatic rings. The molecule has 0 aliphatic rings. The Balaban J connectivity index is 1.38. The Labute approximate surface area is 283 Å². The lowest BCUT2D eigenvalue weighted by Crippen LogP contribution is -2.50. The minimum atomic E-state index is -0.947. The van der Waals surface area contributed by atoms with Crippen molar-refractivity contribution in [2.24, 2.45) is 5.10 Å². The Bertz CT molecular complexity index is 1660. The van der Waals surface area contributed by atoms with E-state index in [1.807, 2.05) is 30.3 Å². The van der Waals surface area contributed by atoms with Crippen molar-refractivity contribution in [2.45, 2.75) is 32.1 Å². The van der Waals surface area contributed by atoms with Crippen molar-refractivity contribution in [3.8, 4) is 11.5 Å². The van der Waals surface area contributed by atoms with Crippen LogP contribution in [0.15, 0.2) is 94.5 Å². The molecule has 4 rings (SSSR count). The van der Waals surface area contributed by atoms with Gasteiger partial charge in [-0.25, -0.2) is 5.43 Å². The summed E-state index contributed by atoms with van der Waals surface area (Å²) < 4.78 is 12.3. The number of carbonyl (C=O) groups excluding carboxylic acids is 2. The fourth-order valence-corrected chi connectivity index (χ4v) is 5.35. The maximum atomic E-state index is 13.2. The fourth-order valence-electron chi connectivity index (χ4n) is 3.92. The number of hydrazone groups is 1. The molecule has 0 unspecified atom stereocenters. The quantitative estimate of drug-likeness (QED) is 0.113. The zero-order chi connectivity index (χ0) is 31.6. The second-order valence-electron chi connectivity index (χ2n) is 9.53. The summed E-state index contributed by atoms with van der Waals surface area (Å²) in [6.07, 6.45) is 0.771. The summed E-state index contributed by atoms with van der Waals surface area (Å²) in [5.74, 6) is -0.118. The lowest BCUT2D eigenvalue weighted by Gasteiger charge is -2.21. The van der Waals surface area contributed by atoms with Crippen LogP contribution >= 0.6 is 62.3 Å². The molecule has 2 N–H and O–H groups in total. The van der Waals surface area contributed by atoms with Crippen LogP contribution in [0.5, 0.6) is 11.5 Å². The fraction of sp³-hybridized carbons (Fsp3) is 0.156. The zero-order valence-electron chi connectivity index (χ0n) is 23.2. The summed E-state index contributed by atoms with van der Waals surface area (Å²) in [6.45, 7) is 1.81. The molecule has 0 bridgehead atoms. The van der Waals surface area contributed by atoms with Crippen molar-refractivity contribution in [3.05, 3.63) is 126 Å². The number of nitrogens with zero attached hydrogens (tertiary/aromatic N) is 1. The minimum Gasteiger partial charge on any atom is -0.488 e. The van der Waals surface area contributed by atoms with Crippen LogP contribution in [0, 0.1) is 0 Å². The SMILES string of the molecule is C[C@H](Oc1ccc(Cl)cc1Cl)C(=O)N[C@@H](Cc1ccccc1)C(=O)N/N=C\c1ccc(OCc2ccc(Cl)cc2Cl)c(Br)c1. The average Bonchev–Trinajstić information content (AvgIpc) is 2.99. The number of amides is 2. The molecule has 2 atom stereocenters. The van der Waals surface area contributed by atoms with Gasteiger partial charge in [0.1, 0.15) is 24.1 Å². The van der Waals surface area contributed by atoms with E-state index in [0.717, 1.165) is 11.1 Å². The molecule has 0 spiro atoms. The molecule has 0 radical (unpaired) electrons. The number of ether oxygens (including phenoxy) is 2. The molecule has 7 nitrogen and oxygen atoms in total.